The molecule has 0 spiro atoms. The van der Waals surface area contributed by atoms with Crippen LogP contribution >= 0.6 is 12.4 Å². The van der Waals surface area contributed by atoms with Crippen molar-refractivity contribution in [1.82, 2.24) is 5.32 Å². The Bertz CT molecular complexity index is 244. The number of aliphatic carboxylic acids is 1. The van der Waals surface area contributed by atoms with Gasteiger partial charge in [0.25, 0.3) is 0 Å². The maximum Gasteiger partial charge on any atom is 0.326 e. The molecule has 4 N–H and O–H groups in total. The molecule has 0 fully saturated rings. The van der Waals surface area contributed by atoms with E-state index in [4.69, 9.17) is 10.8 Å². The number of nitrogens with two attached hydrogens (primary N) is 1. The summed E-state index contributed by atoms with van der Waals surface area (Å²) in [7, 11) is 0. The van der Waals surface area contributed by atoms with Crippen LogP contribution in [-0.4, -0.2) is 29.1 Å². The third-order valence-corrected chi connectivity index (χ3v) is 2.25. The molecule has 0 unspecified atom stereocenters. The van der Waals surface area contributed by atoms with Crippen molar-refractivity contribution in [2.45, 2.75) is 39.8 Å². The highest BCUT2D eigenvalue weighted by atomic mass is 35.5. The lowest BCUT2D eigenvalue weighted by molar-refractivity contribution is -0.143. The zero-order valence-electron chi connectivity index (χ0n) is 10.1. The first-order chi connectivity index (χ1) is 6.77. The average Bonchev–Trinajstić information content (AvgIpc) is 2.11. The van der Waals surface area contributed by atoms with E-state index in [1.165, 1.54) is 0 Å². The minimum Gasteiger partial charge on any atom is -0.480 e. The number of carbonyl (C=O) groups excluding carboxylic acids is 1. The summed E-state index contributed by atoms with van der Waals surface area (Å²) >= 11 is 0. The Morgan fingerprint density at radius 2 is 1.56 bits per heavy atom. The van der Waals surface area contributed by atoms with E-state index in [1.54, 1.807) is 13.8 Å². The second-order valence-corrected chi connectivity index (χ2v) is 4.34. The van der Waals surface area contributed by atoms with Gasteiger partial charge in [0.2, 0.25) is 5.91 Å². The fourth-order valence-electron chi connectivity index (χ4n) is 1.07. The highest BCUT2D eigenvalue weighted by Crippen LogP contribution is 2.04. The molecule has 0 aliphatic carbocycles. The molecule has 0 rings (SSSR count). The number of carboxylic acid groups (broad SMARTS) is 1. The molecule has 0 aliphatic rings. The van der Waals surface area contributed by atoms with Crippen LogP contribution in [0.2, 0.25) is 0 Å². The fraction of sp³-hybridized carbons (Fsp3) is 0.800. The normalized spacial score (nSPS) is 14.2. The summed E-state index contributed by atoms with van der Waals surface area (Å²) in [6.07, 6.45) is 0. The Morgan fingerprint density at radius 1 is 1.12 bits per heavy atom. The molecule has 0 aromatic heterocycles. The van der Waals surface area contributed by atoms with E-state index < -0.39 is 24.0 Å². The number of hydrogen-bond donors (Lipinski definition) is 3. The van der Waals surface area contributed by atoms with Crippen molar-refractivity contribution in [2.24, 2.45) is 17.6 Å². The first kappa shape index (κ1) is 17.6. The van der Waals surface area contributed by atoms with E-state index in [1.807, 2.05) is 13.8 Å². The number of amides is 1. The molecule has 0 saturated carbocycles. The maximum atomic E-state index is 11.5. The van der Waals surface area contributed by atoms with Crippen molar-refractivity contribution in [3.05, 3.63) is 0 Å². The molecule has 96 valence electrons. The highest BCUT2D eigenvalue weighted by Gasteiger charge is 2.26. The summed E-state index contributed by atoms with van der Waals surface area (Å²) in [5, 5.41) is 11.3. The van der Waals surface area contributed by atoms with Gasteiger partial charge in [-0.15, -0.1) is 12.4 Å². The van der Waals surface area contributed by atoms with Crippen LogP contribution in [0, 0.1) is 11.8 Å². The molecule has 0 bridgehead atoms. The topological polar surface area (TPSA) is 92.4 Å². The van der Waals surface area contributed by atoms with Crippen LogP contribution in [0.15, 0.2) is 0 Å². The zero-order valence-corrected chi connectivity index (χ0v) is 10.9. The molecule has 0 radical (unpaired) electrons. The Morgan fingerprint density at radius 3 is 1.81 bits per heavy atom. The predicted octanol–water partition coefficient (Wildman–Crippen LogP) is 0.617. The lowest BCUT2D eigenvalue weighted by Gasteiger charge is -2.21. The first-order valence-corrected chi connectivity index (χ1v) is 5.06. The first-order valence-electron chi connectivity index (χ1n) is 5.06. The van der Waals surface area contributed by atoms with Gasteiger partial charge < -0.3 is 16.2 Å². The minimum absolute atomic E-state index is 0. The summed E-state index contributed by atoms with van der Waals surface area (Å²) in [6.45, 7) is 7.10. The molecule has 0 aliphatic heterocycles. The van der Waals surface area contributed by atoms with Crippen LogP contribution in [-0.2, 0) is 9.59 Å². The highest BCUT2D eigenvalue weighted by molar-refractivity contribution is 5.87. The van der Waals surface area contributed by atoms with Crippen molar-refractivity contribution in [2.75, 3.05) is 0 Å². The third-order valence-electron chi connectivity index (χ3n) is 2.25. The number of rotatable bonds is 5. The molecule has 6 heteroatoms. The van der Waals surface area contributed by atoms with Crippen molar-refractivity contribution in [1.29, 1.82) is 0 Å². The molecule has 0 aromatic carbocycles. The van der Waals surface area contributed by atoms with Gasteiger partial charge in [-0.3, -0.25) is 4.79 Å². The molecular weight excluding hydrogens is 232 g/mol. The van der Waals surface area contributed by atoms with Crippen molar-refractivity contribution in [3.8, 4) is 0 Å². The van der Waals surface area contributed by atoms with Gasteiger partial charge in [0.1, 0.15) is 6.04 Å². The molecular formula is C10H21ClN2O3. The Kier molecular flexibility index (Phi) is 8.20. The molecule has 2 atom stereocenters. The van der Waals surface area contributed by atoms with Gasteiger partial charge in [-0.25, -0.2) is 4.79 Å². The third kappa shape index (κ3) is 5.32. The van der Waals surface area contributed by atoms with Crippen LogP contribution in [0.1, 0.15) is 27.7 Å². The van der Waals surface area contributed by atoms with E-state index in [-0.39, 0.29) is 24.2 Å². The van der Waals surface area contributed by atoms with Gasteiger partial charge in [0.15, 0.2) is 0 Å². The smallest absolute Gasteiger partial charge is 0.326 e. The van der Waals surface area contributed by atoms with Gasteiger partial charge in [0.05, 0.1) is 6.04 Å². The monoisotopic (exact) mass is 252 g/mol. The van der Waals surface area contributed by atoms with Crippen LogP contribution in [0.5, 0.6) is 0 Å². The van der Waals surface area contributed by atoms with Gasteiger partial charge in [-0.05, 0) is 11.8 Å². The van der Waals surface area contributed by atoms with Crippen LogP contribution < -0.4 is 11.1 Å². The van der Waals surface area contributed by atoms with E-state index in [9.17, 15) is 9.59 Å². The minimum atomic E-state index is -1.03. The summed E-state index contributed by atoms with van der Waals surface area (Å²) in [4.78, 5) is 22.3. The lowest BCUT2D eigenvalue weighted by Crippen LogP contribution is -2.52. The van der Waals surface area contributed by atoms with Gasteiger partial charge in [0, 0.05) is 0 Å². The summed E-state index contributed by atoms with van der Waals surface area (Å²) in [5.74, 6) is -1.61. The summed E-state index contributed by atoms with van der Waals surface area (Å²) in [6, 6.07) is -1.53. The zero-order chi connectivity index (χ0) is 12.2. The number of carboxylic acids is 1. The Labute approximate surface area is 102 Å². The second kappa shape index (κ2) is 7.46. The molecule has 0 heterocycles. The van der Waals surface area contributed by atoms with Crippen molar-refractivity contribution >= 4 is 24.3 Å². The van der Waals surface area contributed by atoms with Gasteiger partial charge in [-0.2, -0.15) is 0 Å². The van der Waals surface area contributed by atoms with Gasteiger partial charge in [-0.1, -0.05) is 27.7 Å². The van der Waals surface area contributed by atoms with Crippen LogP contribution in [0.4, 0.5) is 0 Å². The summed E-state index contributed by atoms with van der Waals surface area (Å²) < 4.78 is 0. The second-order valence-electron chi connectivity index (χ2n) is 4.34. The predicted molar refractivity (Wildman–Crippen MR) is 64.5 cm³/mol. The fourth-order valence-corrected chi connectivity index (χ4v) is 1.07. The Hall–Kier alpha value is -0.810. The number of halogens is 1. The standard InChI is InChI=1S/C10H20N2O3.ClH/c1-5(2)7(11)9(13)12-8(6(3)4)10(14)15;/h5-8H,11H2,1-4H3,(H,12,13)(H,14,15);1H/t7-,8+;/m1./s1. The molecule has 0 saturated heterocycles. The quantitative estimate of drug-likeness (QED) is 0.669. The summed E-state index contributed by atoms with van der Waals surface area (Å²) in [5.41, 5.74) is 5.60. The largest absolute Gasteiger partial charge is 0.480 e. The molecule has 5 nitrogen and oxygen atoms in total. The van der Waals surface area contributed by atoms with Crippen molar-refractivity contribution in [3.63, 3.8) is 0 Å². The number of carbonyl (C=O) groups is 2. The molecule has 1 amide bonds. The van der Waals surface area contributed by atoms with E-state index in [2.05, 4.69) is 5.32 Å². The SMILES string of the molecule is CC(C)[C@H](NC(=O)[C@H](N)C(C)C)C(=O)O.Cl. The molecule has 0 aromatic rings. The van der Waals surface area contributed by atoms with E-state index in [0.29, 0.717) is 0 Å². The number of nitrogens with one attached hydrogen (secondary N) is 1. The van der Waals surface area contributed by atoms with Gasteiger partial charge >= 0.3 is 5.97 Å². The lowest BCUT2D eigenvalue weighted by atomic mass is 10.0. The van der Waals surface area contributed by atoms with Crippen LogP contribution in [0.25, 0.3) is 0 Å². The van der Waals surface area contributed by atoms with E-state index >= 15 is 0 Å². The van der Waals surface area contributed by atoms with E-state index in [0.717, 1.165) is 0 Å². The van der Waals surface area contributed by atoms with Crippen molar-refractivity contribution < 1.29 is 14.7 Å². The molecule has 16 heavy (non-hydrogen) atoms. The maximum absolute atomic E-state index is 11.5. The Balaban J connectivity index is 0. The average molecular weight is 253 g/mol. The van der Waals surface area contributed by atoms with Crippen LogP contribution in [0.3, 0.4) is 0 Å². The number of hydrogen-bond acceptors (Lipinski definition) is 3.